The van der Waals surface area contributed by atoms with Crippen LogP contribution in [0.2, 0.25) is 0 Å². The molecule has 3 heterocycles. The van der Waals surface area contributed by atoms with Crippen molar-refractivity contribution in [2.75, 3.05) is 38.1 Å². The van der Waals surface area contributed by atoms with Crippen LogP contribution in [-0.4, -0.2) is 62.0 Å². The van der Waals surface area contributed by atoms with Crippen molar-refractivity contribution >= 4 is 38.2 Å². The molecule has 10 heteroatoms. The molecule has 0 aliphatic carbocycles. The predicted molar refractivity (Wildman–Crippen MR) is 158 cm³/mol. The highest BCUT2D eigenvalue weighted by atomic mass is 32.2. The van der Waals surface area contributed by atoms with Crippen molar-refractivity contribution in [1.82, 2.24) is 14.9 Å². The topological polar surface area (TPSA) is 111 Å². The molecule has 0 radical (unpaired) electrons. The molecule has 0 saturated carbocycles. The number of anilines is 2. The lowest BCUT2D eigenvalue weighted by Gasteiger charge is -2.40. The quantitative estimate of drug-likeness (QED) is 0.381. The molecule has 40 heavy (non-hydrogen) atoms. The lowest BCUT2D eigenvalue weighted by atomic mass is 9.80. The van der Waals surface area contributed by atoms with Crippen LogP contribution in [0, 0.1) is 11.3 Å². The Bertz CT molecular complexity index is 1450. The summed E-state index contributed by atoms with van der Waals surface area (Å²) in [6.45, 7) is 8.30. The summed E-state index contributed by atoms with van der Waals surface area (Å²) in [5, 5.41) is 3.47. The molecule has 4 rings (SSSR count). The van der Waals surface area contributed by atoms with Gasteiger partial charge in [0.2, 0.25) is 11.8 Å². The Kier molecular flexibility index (Phi) is 8.70. The summed E-state index contributed by atoms with van der Waals surface area (Å²) in [5.41, 5.74) is 4.73. The fourth-order valence-corrected chi connectivity index (χ4v) is 7.06. The minimum atomic E-state index is -3.03. The minimum Gasteiger partial charge on any atom is -0.481 e. The Hall–Kier alpha value is -3.24. The molecule has 2 atom stereocenters. The van der Waals surface area contributed by atoms with Crippen LogP contribution < -0.4 is 10.1 Å². The van der Waals surface area contributed by atoms with E-state index in [-0.39, 0.29) is 40.9 Å². The van der Waals surface area contributed by atoms with E-state index in [9.17, 15) is 13.2 Å². The number of hydrogen-bond acceptors (Lipinski definition) is 8. The highest BCUT2D eigenvalue weighted by Crippen LogP contribution is 2.40. The third-order valence-electron chi connectivity index (χ3n) is 7.66. The molecule has 1 aromatic carbocycles. The van der Waals surface area contributed by atoms with E-state index in [0.29, 0.717) is 24.2 Å². The van der Waals surface area contributed by atoms with E-state index < -0.39 is 9.84 Å². The van der Waals surface area contributed by atoms with Crippen LogP contribution in [0.5, 0.6) is 5.88 Å². The molecule has 1 fully saturated rings. The van der Waals surface area contributed by atoms with Gasteiger partial charge in [0.1, 0.15) is 15.4 Å². The predicted octanol–water partition coefficient (Wildman–Crippen LogP) is 5.46. The summed E-state index contributed by atoms with van der Waals surface area (Å²) >= 11 is 0. The molecular weight excluding hydrogens is 528 g/mol. The summed E-state index contributed by atoms with van der Waals surface area (Å²) in [5.74, 6) is 0.386. The van der Waals surface area contributed by atoms with Crippen LogP contribution in [0.3, 0.4) is 0 Å². The molecule has 1 aliphatic heterocycles. The average Bonchev–Trinajstić information content (AvgIpc) is 2.92. The number of carbonyl (C=O) groups excluding carboxylic acids is 1. The molecule has 2 aromatic heterocycles. The third-order valence-corrected chi connectivity index (χ3v) is 9.38. The van der Waals surface area contributed by atoms with E-state index in [1.807, 2.05) is 44.3 Å². The van der Waals surface area contributed by atoms with Crippen LogP contribution in [0.25, 0.3) is 11.0 Å². The van der Waals surface area contributed by atoms with Crippen LogP contribution in [0.1, 0.15) is 63.8 Å². The molecule has 0 spiro atoms. The number of ether oxygens (including phenoxy) is 2. The fraction of sp³-hybridized carbons (Fsp3) is 0.500. The molecule has 1 saturated heterocycles. The average molecular weight is 569 g/mol. The number of nitrogens with one attached hydrogen (secondary N) is 1. The zero-order valence-electron chi connectivity index (χ0n) is 24.4. The van der Waals surface area contributed by atoms with Crippen molar-refractivity contribution in [3.63, 3.8) is 0 Å². The summed E-state index contributed by atoms with van der Waals surface area (Å²) in [6, 6.07) is 11.5. The van der Waals surface area contributed by atoms with E-state index >= 15 is 0 Å². The van der Waals surface area contributed by atoms with E-state index in [2.05, 4.69) is 36.1 Å². The van der Waals surface area contributed by atoms with E-state index in [4.69, 9.17) is 9.47 Å². The summed E-state index contributed by atoms with van der Waals surface area (Å²) in [7, 11) is 2.04. The summed E-state index contributed by atoms with van der Waals surface area (Å²) < 4.78 is 34.8. The summed E-state index contributed by atoms with van der Waals surface area (Å²) in [4.78, 5) is 24.5. The Morgan fingerprint density at radius 3 is 2.30 bits per heavy atom. The van der Waals surface area contributed by atoms with Crippen LogP contribution in [0.15, 0.2) is 42.6 Å². The number of aromatic nitrogens is 2. The molecule has 1 aliphatic rings. The maximum atomic E-state index is 13.4. The number of nitrogens with zero attached hydrogens (tertiary/aromatic N) is 3. The largest absolute Gasteiger partial charge is 0.481 e. The first-order valence-electron chi connectivity index (χ1n) is 13.5. The van der Waals surface area contributed by atoms with Gasteiger partial charge in [0, 0.05) is 37.4 Å². The standard InChI is InChI=1S/C30H40N4O5S/c1-19(38-6)26-24(18-31-23-12-13-25(39-7)33-27(23)26)32-22-10-8-20(9-11-22)28(30(2,3)4)34(5)29(35)21-14-16-40(36,37)17-15-21/h8-13,18-19,21,28,32H,14-17H2,1-7H3/t19-,28-/m0/s1. The number of rotatable bonds is 8. The highest BCUT2D eigenvalue weighted by Gasteiger charge is 2.37. The number of carbonyl (C=O) groups is 1. The van der Waals surface area contributed by atoms with E-state index in [0.717, 1.165) is 28.0 Å². The maximum absolute atomic E-state index is 13.4. The van der Waals surface area contributed by atoms with Gasteiger partial charge in [-0.1, -0.05) is 32.9 Å². The van der Waals surface area contributed by atoms with Gasteiger partial charge in [-0.05, 0) is 48.9 Å². The van der Waals surface area contributed by atoms with Crippen molar-refractivity contribution in [2.24, 2.45) is 11.3 Å². The lowest BCUT2D eigenvalue weighted by molar-refractivity contribution is -0.139. The normalized spacial score (nSPS) is 17.3. The second-order valence-corrected chi connectivity index (χ2v) is 13.9. The van der Waals surface area contributed by atoms with Gasteiger partial charge in [0.15, 0.2) is 0 Å². The van der Waals surface area contributed by atoms with Crippen LogP contribution in [-0.2, 0) is 19.4 Å². The number of fused-ring (bicyclic) bond motifs is 1. The van der Waals surface area contributed by atoms with Gasteiger partial charge in [0.25, 0.3) is 0 Å². The number of amides is 1. The van der Waals surface area contributed by atoms with Crippen molar-refractivity contribution < 1.29 is 22.7 Å². The molecule has 1 amide bonds. The lowest BCUT2D eigenvalue weighted by Crippen LogP contribution is -2.43. The zero-order chi connectivity index (χ0) is 29.2. The van der Waals surface area contributed by atoms with Gasteiger partial charge in [-0.25, -0.2) is 13.4 Å². The van der Waals surface area contributed by atoms with Gasteiger partial charge in [-0.15, -0.1) is 0 Å². The molecule has 0 bridgehead atoms. The first-order chi connectivity index (χ1) is 18.8. The second kappa shape index (κ2) is 11.7. The van der Waals surface area contributed by atoms with Gasteiger partial charge in [-0.2, -0.15) is 0 Å². The molecule has 0 unspecified atom stereocenters. The Balaban J connectivity index is 1.61. The van der Waals surface area contributed by atoms with Crippen LogP contribution >= 0.6 is 0 Å². The number of methoxy groups -OCH3 is 2. The van der Waals surface area contributed by atoms with Crippen LogP contribution in [0.4, 0.5) is 11.4 Å². The zero-order valence-corrected chi connectivity index (χ0v) is 25.2. The molecular formula is C30H40N4O5S. The first-order valence-corrected chi connectivity index (χ1v) is 15.4. The monoisotopic (exact) mass is 568 g/mol. The van der Waals surface area contributed by atoms with E-state index in [1.54, 1.807) is 31.4 Å². The van der Waals surface area contributed by atoms with Gasteiger partial charge in [-0.3, -0.25) is 9.78 Å². The van der Waals surface area contributed by atoms with Crippen molar-refractivity contribution in [3.05, 3.63) is 53.7 Å². The molecule has 1 N–H and O–H groups in total. The first kappa shape index (κ1) is 29.7. The maximum Gasteiger partial charge on any atom is 0.226 e. The number of pyridine rings is 2. The smallest absolute Gasteiger partial charge is 0.226 e. The van der Waals surface area contributed by atoms with Gasteiger partial charge in [0.05, 0.1) is 48.2 Å². The Labute approximate surface area is 237 Å². The van der Waals surface area contributed by atoms with Gasteiger partial charge < -0.3 is 19.7 Å². The van der Waals surface area contributed by atoms with E-state index in [1.165, 1.54) is 0 Å². The Morgan fingerprint density at radius 2 is 1.73 bits per heavy atom. The third kappa shape index (κ3) is 6.39. The number of hydrogen-bond donors (Lipinski definition) is 1. The second-order valence-electron chi connectivity index (χ2n) is 11.6. The van der Waals surface area contributed by atoms with Gasteiger partial charge >= 0.3 is 0 Å². The van der Waals surface area contributed by atoms with Crippen molar-refractivity contribution in [2.45, 2.75) is 52.7 Å². The minimum absolute atomic E-state index is 0.000359. The SMILES string of the molecule is COc1ccc2ncc(Nc3ccc([C@H](N(C)C(=O)C4CCS(=O)(=O)CC4)C(C)(C)C)cc3)c([C@H](C)OC)c2n1. The Morgan fingerprint density at radius 1 is 1.07 bits per heavy atom. The number of benzene rings is 1. The molecule has 3 aromatic rings. The molecule has 9 nitrogen and oxygen atoms in total. The van der Waals surface area contributed by atoms with Crippen molar-refractivity contribution in [1.29, 1.82) is 0 Å². The van der Waals surface area contributed by atoms with Crippen molar-refractivity contribution in [3.8, 4) is 5.88 Å². The highest BCUT2D eigenvalue weighted by molar-refractivity contribution is 7.91. The number of sulfone groups is 1. The summed E-state index contributed by atoms with van der Waals surface area (Å²) in [6.07, 6.45) is 2.30. The molecule has 216 valence electrons. The fourth-order valence-electron chi connectivity index (χ4n) is 5.57.